The van der Waals surface area contributed by atoms with Gasteiger partial charge in [0.15, 0.2) is 0 Å². The molecule has 3 rings (SSSR count). The summed E-state index contributed by atoms with van der Waals surface area (Å²) in [5.74, 6) is 0.856. The highest BCUT2D eigenvalue weighted by Crippen LogP contribution is 2.27. The van der Waals surface area contributed by atoms with Crippen molar-refractivity contribution in [3.05, 3.63) is 35.4 Å². The molecule has 1 N–H and O–H groups in total. The molecule has 1 saturated carbocycles. The lowest BCUT2D eigenvalue weighted by Crippen LogP contribution is -2.38. The van der Waals surface area contributed by atoms with Gasteiger partial charge in [-0.05, 0) is 36.3 Å². The van der Waals surface area contributed by atoms with Crippen LogP contribution in [0.3, 0.4) is 0 Å². The van der Waals surface area contributed by atoms with Gasteiger partial charge >= 0.3 is 0 Å². The topological polar surface area (TPSA) is 66.5 Å². The maximum Gasteiger partial charge on any atom is 0.220 e. The van der Waals surface area contributed by atoms with Gasteiger partial charge in [0.25, 0.3) is 0 Å². The van der Waals surface area contributed by atoms with Crippen LogP contribution in [-0.4, -0.2) is 37.5 Å². The SMILES string of the molecule is O=C(CCC1CCCCC1)NCCCS(=O)(=O)N1CCc2ccccc2C1. The van der Waals surface area contributed by atoms with Crippen molar-refractivity contribution in [3.63, 3.8) is 0 Å². The maximum atomic E-state index is 12.6. The van der Waals surface area contributed by atoms with Crippen molar-refractivity contribution in [3.8, 4) is 0 Å². The molecule has 1 fully saturated rings. The van der Waals surface area contributed by atoms with Crippen LogP contribution in [-0.2, 0) is 27.8 Å². The van der Waals surface area contributed by atoms with E-state index in [1.54, 1.807) is 4.31 Å². The van der Waals surface area contributed by atoms with Crippen molar-refractivity contribution < 1.29 is 13.2 Å². The Balaban J connectivity index is 1.35. The minimum absolute atomic E-state index is 0.0601. The van der Waals surface area contributed by atoms with Crippen LogP contribution in [0.2, 0.25) is 0 Å². The van der Waals surface area contributed by atoms with Crippen molar-refractivity contribution in [2.45, 2.75) is 64.3 Å². The molecule has 0 atom stereocenters. The predicted molar refractivity (Wildman–Crippen MR) is 108 cm³/mol. The number of carbonyl (C=O) groups is 1. The predicted octanol–water partition coefficient (Wildman–Crippen LogP) is 3.24. The lowest BCUT2D eigenvalue weighted by Gasteiger charge is -2.28. The van der Waals surface area contributed by atoms with Crippen molar-refractivity contribution in [2.24, 2.45) is 5.92 Å². The number of fused-ring (bicyclic) bond motifs is 1. The van der Waals surface area contributed by atoms with E-state index < -0.39 is 10.0 Å². The van der Waals surface area contributed by atoms with Crippen LogP contribution < -0.4 is 5.32 Å². The zero-order valence-corrected chi connectivity index (χ0v) is 17.0. The molecule has 0 aromatic heterocycles. The van der Waals surface area contributed by atoms with Crippen molar-refractivity contribution in [2.75, 3.05) is 18.8 Å². The molecule has 1 aliphatic heterocycles. The second-order valence-corrected chi connectivity index (χ2v) is 10.0. The molecule has 1 aliphatic carbocycles. The Morgan fingerprint density at radius 2 is 1.85 bits per heavy atom. The van der Waals surface area contributed by atoms with Crippen LogP contribution in [0.1, 0.15) is 62.5 Å². The Kier molecular flexibility index (Phi) is 7.30. The monoisotopic (exact) mass is 392 g/mol. The lowest BCUT2D eigenvalue weighted by atomic mass is 9.86. The number of benzene rings is 1. The zero-order chi connectivity index (χ0) is 19.1. The van der Waals surface area contributed by atoms with E-state index in [2.05, 4.69) is 11.4 Å². The van der Waals surface area contributed by atoms with Crippen LogP contribution in [0, 0.1) is 5.92 Å². The van der Waals surface area contributed by atoms with Gasteiger partial charge in [-0.3, -0.25) is 4.79 Å². The molecule has 1 heterocycles. The van der Waals surface area contributed by atoms with Gasteiger partial charge in [-0.25, -0.2) is 8.42 Å². The Morgan fingerprint density at radius 1 is 1.11 bits per heavy atom. The summed E-state index contributed by atoms with van der Waals surface area (Å²) in [6, 6.07) is 8.03. The average molecular weight is 393 g/mol. The molecule has 27 heavy (non-hydrogen) atoms. The van der Waals surface area contributed by atoms with Gasteiger partial charge in [-0.1, -0.05) is 56.4 Å². The van der Waals surface area contributed by atoms with Crippen LogP contribution in [0.4, 0.5) is 0 Å². The molecule has 1 aromatic rings. The summed E-state index contributed by atoms with van der Waals surface area (Å²) in [7, 11) is -3.27. The average Bonchev–Trinajstić information content (AvgIpc) is 2.70. The second kappa shape index (κ2) is 9.69. The maximum absolute atomic E-state index is 12.6. The third-order valence-electron chi connectivity index (χ3n) is 5.89. The highest BCUT2D eigenvalue weighted by Gasteiger charge is 2.26. The molecule has 1 aromatic carbocycles. The number of nitrogens with zero attached hydrogens (tertiary/aromatic N) is 1. The highest BCUT2D eigenvalue weighted by molar-refractivity contribution is 7.89. The van der Waals surface area contributed by atoms with Crippen molar-refractivity contribution in [1.82, 2.24) is 9.62 Å². The zero-order valence-electron chi connectivity index (χ0n) is 16.2. The molecule has 6 heteroatoms. The Hall–Kier alpha value is -1.40. The summed E-state index contributed by atoms with van der Waals surface area (Å²) in [4.78, 5) is 12.0. The molecule has 0 bridgehead atoms. The molecular weight excluding hydrogens is 360 g/mol. The fourth-order valence-electron chi connectivity index (χ4n) is 4.22. The number of hydrogen-bond acceptors (Lipinski definition) is 3. The van der Waals surface area contributed by atoms with Crippen LogP contribution >= 0.6 is 0 Å². The minimum atomic E-state index is -3.27. The van der Waals surface area contributed by atoms with E-state index in [-0.39, 0.29) is 11.7 Å². The normalized spacial score (nSPS) is 18.8. The summed E-state index contributed by atoms with van der Waals surface area (Å²) in [5, 5.41) is 2.89. The van der Waals surface area contributed by atoms with Crippen molar-refractivity contribution >= 4 is 15.9 Å². The van der Waals surface area contributed by atoms with E-state index in [1.807, 2.05) is 18.2 Å². The molecule has 2 aliphatic rings. The fraction of sp³-hybridized carbons (Fsp3) is 0.667. The van der Waals surface area contributed by atoms with Gasteiger partial charge in [0.2, 0.25) is 15.9 Å². The van der Waals surface area contributed by atoms with E-state index in [0.717, 1.165) is 18.4 Å². The Labute approximate surface area is 163 Å². The van der Waals surface area contributed by atoms with Gasteiger partial charge in [-0.2, -0.15) is 4.31 Å². The van der Waals surface area contributed by atoms with E-state index in [0.29, 0.717) is 38.4 Å². The number of nitrogens with one attached hydrogen (secondary N) is 1. The van der Waals surface area contributed by atoms with E-state index in [4.69, 9.17) is 0 Å². The quantitative estimate of drug-likeness (QED) is 0.691. The number of amides is 1. The summed E-state index contributed by atoms with van der Waals surface area (Å²) in [5.41, 5.74) is 2.34. The lowest BCUT2D eigenvalue weighted by molar-refractivity contribution is -0.121. The van der Waals surface area contributed by atoms with Gasteiger partial charge in [0.05, 0.1) is 5.75 Å². The number of hydrogen-bond donors (Lipinski definition) is 1. The summed E-state index contributed by atoms with van der Waals surface area (Å²) < 4.78 is 26.8. The first kappa shape index (κ1) is 20.3. The molecule has 0 spiro atoms. The molecule has 0 unspecified atom stereocenters. The fourth-order valence-corrected chi connectivity index (χ4v) is 5.69. The summed E-state index contributed by atoms with van der Waals surface area (Å²) in [6.07, 6.45) is 9.21. The highest BCUT2D eigenvalue weighted by atomic mass is 32.2. The summed E-state index contributed by atoms with van der Waals surface area (Å²) in [6.45, 7) is 1.45. The van der Waals surface area contributed by atoms with Crippen LogP contribution in [0.25, 0.3) is 0 Å². The van der Waals surface area contributed by atoms with E-state index in [1.165, 1.54) is 37.7 Å². The van der Waals surface area contributed by atoms with Gasteiger partial charge in [0.1, 0.15) is 0 Å². The molecule has 150 valence electrons. The van der Waals surface area contributed by atoms with E-state index >= 15 is 0 Å². The first-order valence-corrected chi connectivity index (χ1v) is 12.0. The number of rotatable bonds is 8. The smallest absolute Gasteiger partial charge is 0.220 e. The number of carbonyl (C=O) groups excluding carboxylic acids is 1. The molecule has 1 amide bonds. The summed E-state index contributed by atoms with van der Waals surface area (Å²) >= 11 is 0. The van der Waals surface area contributed by atoms with Crippen LogP contribution in [0.5, 0.6) is 0 Å². The third-order valence-corrected chi connectivity index (χ3v) is 7.80. The first-order valence-electron chi connectivity index (χ1n) is 10.4. The molecular formula is C21H32N2O3S. The molecule has 5 nitrogen and oxygen atoms in total. The Morgan fingerprint density at radius 3 is 2.63 bits per heavy atom. The molecule has 0 saturated heterocycles. The van der Waals surface area contributed by atoms with Gasteiger partial charge < -0.3 is 5.32 Å². The first-order chi connectivity index (χ1) is 13.0. The Bertz CT molecular complexity index is 727. The van der Waals surface area contributed by atoms with Crippen molar-refractivity contribution in [1.29, 1.82) is 0 Å². The number of sulfonamides is 1. The van der Waals surface area contributed by atoms with Gasteiger partial charge in [-0.15, -0.1) is 0 Å². The standard InChI is InChI=1S/C21H32N2O3S/c24-21(12-11-18-7-2-1-3-8-18)22-14-6-16-27(25,26)23-15-13-19-9-4-5-10-20(19)17-23/h4-5,9-10,18H,1-3,6-8,11-17H2,(H,22,24). The third kappa shape index (κ3) is 6.04. The van der Waals surface area contributed by atoms with Gasteiger partial charge in [0, 0.05) is 26.1 Å². The van der Waals surface area contributed by atoms with E-state index in [9.17, 15) is 13.2 Å². The second-order valence-electron chi connectivity index (χ2n) is 7.91. The van der Waals surface area contributed by atoms with Crippen LogP contribution in [0.15, 0.2) is 24.3 Å². The minimum Gasteiger partial charge on any atom is -0.356 e. The largest absolute Gasteiger partial charge is 0.356 e. The molecule has 0 radical (unpaired) electrons.